The van der Waals surface area contributed by atoms with Gasteiger partial charge in [-0.1, -0.05) is 26.3 Å². The average Bonchev–Trinajstić information content (AvgIpc) is 2.28. The molecule has 4 nitrogen and oxygen atoms in total. The molecule has 1 unspecified atom stereocenters. The Morgan fingerprint density at radius 1 is 1.33 bits per heavy atom. The third kappa shape index (κ3) is 5.34. The van der Waals surface area contributed by atoms with Crippen LogP contribution in [0.3, 0.4) is 0 Å². The second-order valence-corrected chi connectivity index (χ2v) is 5.10. The minimum atomic E-state index is -1.18. The molecule has 0 bridgehead atoms. The van der Waals surface area contributed by atoms with E-state index in [1.54, 1.807) is 20.8 Å². The number of carboxylic acid groups (broad SMARTS) is 1. The molecule has 0 aliphatic carbocycles. The minimum Gasteiger partial charge on any atom is -0.480 e. The van der Waals surface area contributed by atoms with Crippen LogP contribution in [-0.2, 0) is 9.59 Å². The van der Waals surface area contributed by atoms with E-state index in [1.807, 2.05) is 6.08 Å². The lowest BCUT2D eigenvalue weighted by Crippen LogP contribution is -2.55. The highest BCUT2D eigenvalue weighted by Crippen LogP contribution is 2.17. The third-order valence-electron chi connectivity index (χ3n) is 3.31. The maximum Gasteiger partial charge on any atom is 0.329 e. The zero-order chi connectivity index (χ0) is 14.2. The van der Waals surface area contributed by atoms with E-state index < -0.39 is 11.5 Å². The molecule has 0 aromatic carbocycles. The van der Waals surface area contributed by atoms with Crippen molar-refractivity contribution in [2.75, 3.05) is 0 Å². The van der Waals surface area contributed by atoms with Gasteiger partial charge in [0.05, 0.1) is 0 Å². The molecular weight excluding hydrogens is 230 g/mol. The van der Waals surface area contributed by atoms with Crippen molar-refractivity contribution in [2.24, 2.45) is 5.92 Å². The average molecular weight is 255 g/mol. The van der Waals surface area contributed by atoms with E-state index in [4.69, 9.17) is 5.11 Å². The van der Waals surface area contributed by atoms with E-state index in [1.165, 1.54) is 0 Å². The Labute approximate surface area is 109 Å². The van der Waals surface area contributed by atoms with Crippen molar-refractivity contribution in [3.8, 4) is 0 Å². The summed E-state index contributed by atoms with van der Waals surface area (Å²) in [6, 6.07) is 0. The second-order valence-electron chi connectivity index (χ2n) is 5.10. The van der Waals surface area contributed by atoms with Gasteiger partial charge in [0.25, 0.3) is 0 Å². The van der Waals surface area contributed by atoms with Crippen LogP contribution < -0.4 is 5.32 Å². The van der Waals surface area contributed by atoms with Gasteiger partial charge < -0.3 is 10.4 Å². The van der Waals surface area contributed by atoms with E-state index in [9.17, 15) is 9.59 Å². The van der Waals surface area contributed by atoms with Crippen molar-refractivity contribution in [3.63, 3.8) is 0 Å². The van der Waals surface area contributed by atoms with E-state index in [-0.39, 0.29) is 11.8 Å². The Kier molecular flexibility index (Phi) is 7.32. The molecule has 1 amide bonds. The van der Waals surface area contributed by atoms with Crippen LogP contribution in [0.2, 0.25) is 0 Å². The first-order valence-corrected chi connectivity index (χ1v) is 6.50. The predicted molar refractivity (Wildman–Crippen MR) is 72.3 cm³/mol. The molecule has 0 aromatic heterocycles. The SMILES string of the molecule is C=CCCCCCC(=O)NC(C)(C(=O)O)C(C)C. The molecule has 0 saturated heterocycles. The fourth-order valence-electron chi connectivity index (χ4n) is 1.55. The zero-order valence-electron chi connectivity index (χ0n) is 11.7. The molecule has 2 N–H and O–H groups in total. The standard InChI is InChI=1S/C14H25NO3/c1-5-6-7-8-9-10-12(16)15-14(4,11(2)3)13(17)18/h5,11H,1,6-10H2,2-4H3,(H,15,16)(H,17,18). The highest BCUT2D eigenvalue weighted by atomic mass is 16.4. The van der Waals surface area contributed by atoms with Gasteiger partial charge in [-0.3, -0.25) is 4.79 Å². The molecule has 0 aliphatic rings. The number of carboxylic acids is 1. The van der Waals surface area contributed by atoms with Gasteiger partial charge in [0.2, 0.25) is 5.91 Å². The van der Waals surface area contributed by atoms with E-state index in [0.29, 0.717) is 6.42 Å². The number of hydrogen-bond acceptors (Lipinski definition) is 2. The zero-order valence-corrected chi connectivity index (χ0v) is 11.7. The number of hydrogen-bond donors (Lipinski definition) is 2. The topological polar surface area (TPSA) is 66.4 Å². The number of allylic oxidation sites excluding steroid dienone is 1. The smallest absolute Gasteiger partial charge is 0.329 e. The maximum atomic E-state index is 11.7. The normalized spacial score (nSPS) is 14.0. The van der Waals surface area contributed by atoms with E-state index >= 15 is 0 Å². The van der Waals surface area contributed by atoms with Crippen molar-refractivity contribution >= 4 is 11.9 Å². The van der Waals surface area contributed by atoms with Gasteiger partial charge in [0, 0.05) is 6.42 Å². The first kappa shape index (κ1) is 16.7. The summed E-state index contributed by atoms with van der Waals surface area (Å²) in [5, 5.41) is 11.8. The molecule has 0 aliphatic heterocycles. The summed E-state index contributed by atoms with van der Waals surface area (Å²) in [6.07, 6.45) is 5.98. The number of rotatable bonds is 9. The molecule has 18 heavy (non-hydrogen) atoms. The van der Waals surface area contributed by atoms with Crippen molar-refractivity contribution in [1.29, 1.82) is 0 Å². The Hall–Kier alpha value is -1.32. The molecule has 0 spiro atoms. The van der Waals surface area contributed by atoms with Crippen molar-refractivity contribution in [2.45, 2.75) is 58.4 Å². The van der Waals surface area contributed by atoms with Gasteiger partial charge in [0.15, 0.2) is 0 Å². The van der Waals surface area contributed by atoms with Crippen LogP contribution >= 0.6 is 0 Å². The Morgan fingerprint density at radius 2 is 1.94 bits per heavy atom. The second kappa shape index (κ2) is 7.90. The quantitative estimate of drug-likeness (QED) is 0.492. The number of nitrogens with one attached hydrogen (secondary N) is 1. The molecule has 0 heterocycles. The summed E-state index contributed by atoms with van der Waals surface area (Å²) in [7, 11) is 0. The number of unbranched alkanes of at least 4 members (excludes halogenated alkanes) is 3. The lowest BCUT2D eigenvalue weighted by Gasteiger charge is -2.30. The Bertz CT molecular complexity index is 299. The minimum absolute atomic E-state index is 0.153. The summed E-state index contributed by atoms with van der Waals surface area (Å²) < 4.78 is 0. The van der Waals surface area contributed by atoms with Crippen LogP contribution in [0.15, 0.2) is 12.7 Å². The van der Waals surface area contributed by atoms with Gasteiger partial charge in [-0.05, 0) is 32.1 Å². The van der Waals surface area contributed by atoms with Gasteiger partial charge in [0.1, 0.15) is 5.54 Å². The third-order valence-corrected chi connectivity index (χ3v) is 3.31. The van der Waals surface area contributed by atoms with Crippen molar-refractivity contribution in [1.82, 2.24) is 5.32 Å². The van der Waals surface area contributed by atoms with Crippen molar-refractivity contribution in [3.05, 3.63) is 12.7 Å². The fraction of sp³-hybridized carbons (Fsp3) is 0.714. The highest BCUT2D eigenvalue weighted by Gasteiger charge is 2.37. The van der Waals surface area contributed by atoms with Crippen LogP contribution in [0, 0.1) is 5.92 Å². The van der Waals surface area contributed by atoms with Crippen LogP contribution in [0.5, 0.6) is 0 Å². The first-order chi connectivity index (χ1) is 8.34. The number of carbonyl (C=O) groups excluding carboxylic acids is 1. The van der Waals surface area contributed by atoms with Gasteiger partial charge in [-0.2, -0.15) is 0 Å². The molecule has 0 aromatic rings. The molecule has 0 saturated carbocycles. The molecule has 0 radical (unpaired) electrons. The number of aliphatic carboxylic acids is 1. The molecule has 0 fully saturated rings. The largest absolute Gasteiger partial charge is 0.480 e. The van der Waals surface area contributed by atoms with Crippen LogP contribution in [0.1, 0.15) is 52.9 Å². The Morgan fingerprint density at radius 3 is 2.39 bits per heavy atom. The molecule has 104 valence electrons. The Balaban J connectivity index is 4.12. The molecule has 0 rings (SSSR count). The lowest BCUT2D eigenvalue weighted by atomic mass is 9.88. The summed E-state index contributed by atoms with van der Waals surface area (Å²) in [6.45, 7) is 8.77. The molecule has 4 heteroatoms. The first-order valence-electron chi connectivity index (χ1n) is 6.50. The fourth-order valence-corrected chi connectivity index (χ4v) is 1.55. The number of amides is 1. The van der Waals surface area contributed by atoms with Crippen LogP contribution in [0.4, 0.5) is 0 Å². The monoisotopic (exact) mass is 255 g/mol. The summed E-state index contributed by atoms with van der Waals surface area (Å²) in [5.74, 6) is -1.33. The lowest BCUT2D eigenvalue weighted by molar-refractivity contribution is -0.149. The van der Waals surface area contributed by atoms with Gasteiger partial charge in [-0.15, -0.1) is 6.58 Å². The van der Waals surface area contributed by atoms with Crippen LogP contribution in [-0.4, -0.2) is 22.5 Å². The summed E-state index contributed by atoms with van der Waals surface area (Å²) in [4.78, 5) is 22.9. The van der Waals surface area contributed by atoms with Crippen molar-refractivity contribution < 1.29 is 14.7 Å². The molecular formula is C14H25NO3. The molecule has 1 atom stereocenters. The maximum absolute atomic E-state index is 11.7. The van der Waals surface area contributed by atoms with Gasteiger partial charge in [-0.25, -0.2) is 4.79 Å². The summed E-state index contributed by atoms with van der Waals surface area (Å²) in [5.41, 5.74) is -1.18. The van der Waals surface area contributed by atoms with E-state index in [0.717, 1.165) is 25.7 Å². The van der Waals surface area contributed by atoms with Gasteiger partial charge >= 0.3 is 5.97 Å². The predicted octanol–water partition coefficient (Wildman–Crippen LogP) is 2.74. The number of carbonyl (C=O) groups is 2. The van der Waals surface area contributed by atoms with E-state index in [2.05, 4.69) is 11.9 Å². The summed E-state index contributed by atoms with van der Waals surface area (Å²) >= 11 is 0. The highest BCUT2D eigenvalue weighted by molar-refractivity contribution is 5.86. The van der Waals surface area contributed by atoms with Crippen LogP contribution in [0.25, 0.3) is 0 Å².